The maximum absolute atomic E-state index is 13.4. The topological polar surface area (TPSA) is 88.9 Å². The number of ether oxygens (including phenoxy) is 1. The smallest absolute Gasteiger partial charge is 0.253 e. The Hall–Kier alpha value is -3.36. The third-order valence-corrected chi connectivity index (χ3v) is 5.93. The van der Waals surface area contributed by atoms with Gasteiger partial charge in [0.2, 0.25) is 0 Å². The number of pyridine rings is 1. The first-order valence-electron chi connectivity index (χ1n) is 11.2. The van der Waals surface area contributed by atoms with Gasteiger partial charge in [-0.15, -0.1) is 5.10 Å². The summed E-state index contributed by atoms with van der Waals surface area (Å²) in [5.41, 5.74) is 4.70. The molecule has 2 aromatic heterocycles. The second-order valence-electron chi connectivity index (χ2n) is 8.30. The molecule has 0 saturated carbocycles. The molecule has 2 heterocycles. The number of rotatable bonds is 9. The molecule has 0 radical (unpaired) electrons. The highest BCUT2D eigenvalue weighted by Gasteiger charge is 2.30. The average Bonchev–Trinajstić information content (AvgIpc) is 3.26. The lowest BCUT2D eigenvalue weighted by molar-refractivity contribution is 0.174. The molecule has 0 bridgehead atoms. The normalized spacial score (nSPS) is 12.5. The Kier molecular flexibility index (Phi) is 6.96. The van der Waals surface area contributed by atoms with E-state index >= 15 is 0 Å². The Morgan fingerprint density at radius 3 is 2.67 bits per heavy atom. The third-order valence-electron chi connectivity index (χ3n) is 5.93. The van der Waals surface area contributed by atoms with Crippen molar-refractivity contribution in [1.82, 2.24) is 30.1 Å². The number of hydrogen-bond acceptors (Lipinski definition) is 6. The molecule has 1 atom stereocenters. The van der Waals surface area contributed by atoms with Crippen LogP contribution in [0.1, 0.15) is 41.0 Å². The van der Waals surface area contributed by atoms with E-state index in [2.05, 4.69) is 63.5 Å². The molecular weight excluding hydrogens is 416 g/mol. The van der Waals surface area contributed by atoms with Crippen LogP contribution in [0.4, 0.5) is 0 Å². The van der Waals surface area contributed by atoms with Crippen LogP contribution in [0.3, 0.4) is 0 Å². The number of nitrogens with one attached hydrogen (secondary N) is 1. The minimum atomic E-state index is -0.420. The number of aromatic amines is 1. The van der Waals surface area contributed by atoms with Gasteiger partial charge in [0.1, 0.15) is 6.04 Å². The molecule has 1 N–H and O–H groups in total. The van der Waals surface area contributed by atoms with Crippen molar-refractivity contribution in [2.45, 2.75) is 39.9 Å². The zero-order chi connectivity index (χ0) is 23.4. The molecule has 0 aliphatic carbocycles. The number of H-pyrrole nitrogens is 1. The van der Waals surface area contributed by atoms with Crippen LogP contribution in [-0.4, -0.2) is 50.4 Å². The minimum Gasteiger partial charge on any atom is -0.383 e. The van der Waals surface area contributed by atoms with Crippen molar-refractivity contribution in [3.63, 3.8) is 0 Å². The molecule has 0 saturated heterocycles. The summed E-state index contributed by atoms with van der Waals surface area (Å²) in [6, 6.07) is 16.0. The highest BCUT2D eigenvalue weighted by Crippen LogP contribution is 2.29. The van der Waals surface area contributed by atoms with Gasteiger partial charge in [-0.1, -0.05) is 48.9 Å². The molecule has 4 aromatic rings. The molecule has 0 spiro atoms. The number of tetrazole rings is 1. The highest BCUT2D eigenvalue weighted by atomic mass is 16.5. The predicted molar refractivity (Wildman–Crippen MR) is 128 cm³/mol. The fourth-order valence-electron chi connectivity index (χ4n) is 4.35. The van der Waals surface area contributed by atoms with Crippen molar-refractivity contribution >= 4 is 10.9 Å². The van der Waals surface area contributed by atoms with Gasteiger partial charge in [-0.2, -0.15) is 0 Å². The van der Waals surface area contributed by atoms with Gasteiger partial charge in [0.25, 0.3) is 5.56 Å². The lowest BCUT2D eigenvalue weighted by atomic mass is 10.00. The molecule has 0 amide bonds. The van der Waals surface area contributed by atoms with Gasteiger partial charge in [0.15, 0.2) is 5.82 Å². The number of methoxy groups -OCH3 is 1. The summed E-state index contributed by atoms with van der Waals surface area (Å²) in [7, 11) is 1.65. The standard InChI is InChI=1S/C25H30N6O2/c1-5-30(16-19-9-7-6-8-10-19)23(24-27-28-29-31(24)11-12-33-4)21-15-20-14-17(2)13-18(3)22(20)26-25(21)32/h6-10,13-15,23H,5,11-12,16H2,1-4H3,(H,26,32)/t23-/m1/s1. The number of hydrogen-bond donors (Lipinski definition) is 1. The lowest BCUT2D eigenvalue weighted by Gasteiger charge is -2.30. The van der Waals surface area contributed by atoms with E-state index in [0.717, 1.165) is 27.6 Å². The molecule has 0 fully saturated rings. The summed E-state index contributed by atoms with van der Waals surface area (Å²) < 4.78 is 6.98. The number of benzene rings is 2. The quantitative estimate of drug-likeness (QED) is 0.424. The van der Waals surface area contributed by atoms with Gasteiger partial charge >= 0.3 is 0 Å². The Labute approximate surface area is 193 Å². The van der Waals surface area contributed by atoms with Gasteiger partial charge in [-0.25, -0.2) is 4.68 Å². The third kappa shape index (κ3) is 4.86. The average molecular weight is 447 g/mol. The summed E-state index contributed by atoms with van der Waals surface area (Å²) in [4.78, 5) is 18.8. The van der Waals surface area contributed by atoms with Crippen LogP contribution in [-0.2, 0) is 17.8 Å². The zero-order valence-electron chi connectivity index (χ0n) is 19.6. The van der Waals surface area contributed by atoms with Crippen LogP contribution >= 0.6 is 0 Å². The highest BCUT2D eigenvalue weighted by molar-refractivity contribution is 5.83. The van der Waals surface area contributed by atoms with Crippen molar-refractivity contribution in [1.29, 1.82) is 0 Å². The molecule has 33 heavy (non-hydrogen) atoms. The second-order valence-corrected chi connectivity index (χ2v) is 8.30. The van der Waals surface area contributed by atoms with E-state index in [1.54, 1.807) is 11.8 Å². The van der Waals surface area contributed by atoms with Crippen molar-refractivity contribution in [2.75, 3.05) is 20.3 Å². The van der Waals surface area contributed by atoms with Crippen molar-refractivity contribution in [2.24, 2.45) is 0 Å². The Morgan fingerprint density at radius 1 is 1.15 bits per heavy atom. The number of aromatic nitrogens is 5. The maximum atomic E-state index is 13.4. The van der Waals surface area contributed by atoms with Crippen LogP contribution < -0.4 is 5.56 Å². The van der Waals surface area contributed by atoms with E-state index in [0.29, 0.717) is 37.6 Å². The summed E-state index contributed by atoms with van der Waals surface area (Å²) in [5, 5.41) is 13.5. The fourth-order valence-corrected chi connectivity index (χ4v) is 4.35. The molecule has 2 aromatic carbocycles. The minimum absolute atomic E-state index is 0.132. The molecule has 172 valence electrons. The van der Waals surface area contributed by atoms with Crippen molar-refractivity contribution < 1.29 is 4.74 Å². The van der Waals surface area contributed by atoms with Crippen LogP contribution in [0.5, 0.6) is 0 Å². The summed E-state index contributed by atoms with van der Waals surface area (Å²) in [5.74, 6) is 0.624. The monoisotopic (exact) mass is 446 g/mol. The second kappa shape index (κ2) is 10.1. The zero-order valence-corrected chi connectivity index (χ0v) is 19.6. The molecule has 8 nitrogen and oxygen atoms in total. The van der Waals surface area contributed by atoms with E-state index in [1.165, 1.54) is 0 Å². The van der Waals surface area contributed by atoms with E-state index in [1.807, 2.05) is 31.2 Å². The largest absolute Gasteiger partial charge is 0.383 e. The van der Waals surface area contributed by atoms with Gasteiger partial charge in [-0.05, 0) is 59.5 Å². The molecule has 0 aliphatic heterocycles. The number of nitrogens with zero attached hydrogens (tertiary/aromatic N) is 5. The lowest BCUT2D eigenvalue weighted by Crippen LogP contribution is -2.35. The van der Waals surface area contributed by atoms with Crippen molar-refractivity contribution in [3.05, 3.63) is 87.0 Å². The van der Waals surface area contributed by atoms with Crippen molar-refractivity contribution in [3.8, 4) is 0 Å². The van der Waals surface area contributed by atoms with Gasteiger partial charge in [0, 0.05) is 19.2 Å². The maximum Gasteiger partial charge on any atom is 0.253 e. The first-order valence-corrected chi connectivity index (χ1v) is 11.2. The van der Waals surface area contributed by atoms with Crippen LogP contribution in [0.15, 0.2) is 53.3 Å². The summed E-state index contributed by atoms with van der Waals surface area (Å²) >= 11 is 0. The Balaban J connectivity index is 1.88. The SMILES string of the molecule is CCN(Cc1ccccc1)[C@H](c1cc2cc(C)cc(C)c2[nH]c1=O)c1nnnn1CCOC. The number of fused-ring (bicyclic) bond motifs is 1. The molecule has 0 aliphatic rings. The van der Waals surface area contributed by atoms with Crippen LogP contribution in [0, 0.1) is 13.8 Å². The predicted octanol–water partition coefficient (Wildman–Crippen LogP) is 3.39. The Bertz CT molecular complexity index is 1280. The van der Waals surface area contributed by atoms with E-state index in [-0.39, 0.29) is 5.56 Å². The summed E-state index contributed by atoms with van der Waals surface area (Å²) in [6.45, 7) is 8.51. The van der Waals surface area contributed by atoms with E-state index < -0.39 is 6.04 Å². The van der Waals surface area contributed by atoms with Crippen LogP contribution in [0.2, 0.25) is 0 Å². The summed E-state index contributed by atoms with van der Waals surface area (Å²) in [6.07, 6.45) is 0. The van der Waals surface area contributed by atoms with E-state index in [4.69, 9.17) is 4.74 Å². The molecule has 0 unspecified atom stereocenters. The van der Waals surface area contributed by atoms with Gasteiger partial charge < -0.3 is 9.72 Å². The van der Waals surface area contributed by atoms with E-state index in [9.17, 15) is 4.79 Å². The first-order chi connectivity index (χ1) is 16.0. The molecule has 8 heteroatoms. The fraction of sp³-hybridized carbons (Fsp3) is 0.360. The Morgan fingerprint density at radius 2 is 1.94 bits per heavy atom. The number of aryl methyl sites for hydroxylation is 2. The molecular formula is C25H30N6O2. The molecule has 4 rings (SSSR count). The van der Waals surface area contributed by atoms with Gasteiger partial charge in [0.05, 0.1) is 18.7 Å². The van der Waals surface area contributed by atoms with Gasteiger partial charge in [-0.3, -0.25) is 9.69 Å². The first kappa shape index (κ1) is 22.8. The van der Waals surface area contributed by atoms with Crippen LogP contribution in [0.25, 0.3) is 10.9 Å².